The lowest BCUT2D eigenvalue weighted by Gasteiger charge is -1.95. The Balaban J connectivity index is 0. The van der Waals surface area contributed by atoms with E-state index in [1.54, 1.807) is 13.0 Å². The highest BCUT2D eigenvalue weighted by Gasteiger charge is 1.89. The largest absolute Gasteiger partial charge is 0.308 e. The van der Waals surface area contributed by atoms with Gasteiger partial charge in [0.1, 0.15) is 0 Å². The van der Waals surface area contributed by atoms with Crippen LogP contribution in [0, 0.1) is 10.8 Å². The molecule has 2 N–H and O–H groups in total. The molecule has 0 rings (SSSR count). The fourth-order valence-corrected chi connectivity index (χ4v) is 0.753. The van der Waals surface area contributed by atoms with Crippen molar-refractivity contribution in [2.75, 3.05) is 0 Å². The summed E-state index contributed by atoms with van der Waals surface area (Å²) in [5.74, 6) is 0. The van der Waals surface area contributed by atoms with Gasteiger partial charge in [0, 0.05) is 11.9 Å². The normalized spacial score (nSPS) is 9.83. The molecular weight excluding hydrogens is 148 g/mol. The van der Waals surface area contributed by atoms with E-state index in [9.17, 15) is 0 Å². The van der Waals surface area contributed by atoms with E-state index in [4.69, 9.17) is 10.8 Å². The Bertz CT molecular complexity index is 157. The molecule has 0 heterocycles. The summed E-state index contributed by atoms with van der Waals surface area (Å²) in [6.45, 7) is 7.79. The van der Waals surface area contributed by atoms with Crippen molar-refractivity contribution in [3.8, 4) is 0 Å². The lowest BCUT2D eigenvalue weighted by molar-refractivity contribution is 0.939. The maximum Gasteiger partial charge on any atom is 0.0286 e. The summed E-state index contributed by atoms with van der Waals surface area (Å²) in [6.07, 6.45) is 4.99. The average molecular weight is 168 g/mol. The highest BCUT2D eigenvalue weighted by molar-refractivity contribution is 5.95. The third-order valence-electron chi connectivity index (χ3n) is 1.13. The number of nitrogens with one attached hydrogen (secondary N) is 2. The molecule has 0 aromatic carbocycles. The highest BCUT2D eigenvalue weighted by atomic mass is 14.4. The second-order valence-corrected chi connectivity index (χ2v) is 2.30. The molecule has 0 aliphatic heterocycles. The van der Waals surface area contributed by atoms with E-state index in [-0.39, 0.29) is 0 Å². The van der Waals surface area contributed by atoms with Gasteiger partial charge in [0.15, 0.2) is 0 Å². The van der Waals surface area contributed by atoms with Crippen molar-refractivity contribution in [3.63, 3.8) is 0 Å². The summed E-state index contributed by atoms with van der Waals surface area (Å²) in [6, 6.07) is 0. The van der Waals surface area contributed by atoms with Gasteiger partial charge in [0.2, 0.25) is 0 Å². The Morgan fingerprint density at radius 2 is 1.83 bits per heavy atom. The van der Waals surface area contributed by atoms with Gasteiger partial charge in [0.25, 0.3) is 0 Å². The smallest absolute Gasteiger partial charge is 0.0286 e. The first kappa shape index (κ1) is 13.7. The predicted octanol–water partition coefficient (Wildman–Crippen LogP) is 3.43. The van der Waals surface area contributed by atoms with Gasteiger partial charge in [-0.05, 0) is 25.0 Å². The summed E-state index contributed by atoms with van der Waals surface area (Å²) in [5.41, 5.74) is 1.46. The molecule has 0 unspecified atom stereocenters. The minimum Gasteiger partial charge on any atom is -0.308 e. The molecule has 0 radical (unpaired) electrons. The van der Waals surface area contributed by atoms with Gasteiger partial charge in [0.05, 0.1) is 0 Å². The molecule has 0 fully saturated rings. The van der Waals surface area contributed by atoms with Crippen LogP contribution in [0.5, 0.6) is 0 Å². The Morgan fingerprint density at radius 3 is 2.08 bits per heavy atom. The molecule has 0 aliphatic rings. The van der Waals surface area contributed by atoms with Crippen LogP contribution in [0.25, 0.3) is 0 Å². The summed E-state index contributed by atoms with van der Waals surface area (Å²) >= 11 is 0. The van der Waals surface area contributed by atoms with E-state index in [0.29, 0.717) is 5.71 Å². The van der Waals surface area contributed by atoms with Crippen molar-refractivity contribution < 1.29 is 0 Å². The molecule has 70 valence electrons. The third-order valence-corrected chi connectivity index (χ3v) is 1.13. The van der Waals surface area contributed by atoms with Crippen LogP contribution in [0.3, 0.4) is 0 Å². The maximum absolute atomic E-state index is 7.13. The number of hydrogen-bond acceptors (Lipinski definition) is 2. The molecular formula is C10H20N2. The molecule has 12 heavy (non-hydrogen) atoms. The molecule has 0 aliphatic carbocycles. The van der Waals surface area contributed by atoms with Crippen molar-refractivity contribution in [2.24, 2.45) is 0 Å². The van der Waals surface area contributed by atoms with Crippen LogP contribution >= 0.6 is 0 Å². The molecule has 0 aromatic heterocycles. The van der Waals surface area contributed by atoms with Crippen LogP contribution in [0.1, 0.15) is 40.5 Å². The number of allylic oxidation sites excluding steroid dienone is 2. The van der Waals surface area contributed by atoms with E-state index in [1.165, 1.54) is 6.21 Å². The zero-order valence-corrected chi connectivity index (χ0v) is 8.57. The van der Waals surface area contributed by atoms with E-state index in [2.05, 4.69) is 6.92 Å². The monoisotopic (exact) mass is 168 g/mol. The molecule has 0 saturated heterocycles. The molecule has 2 heteroatoms. The Morgan fingerprint density at radius 1 is 1.33 bits per heavy atom. The first-order valence-electron chi connectivity index (χ1n) is 4.47. The lowest BCUT2D eigenvalue weighted by atomic mass is 10.1. The second-order valence-electron chi connectivity index (χ2n) is 2.30. The van der Waals surface area contributed by atoms with Crippen LogP contribution in [-0.4, -0.2) is 11.9 Å². The first-order valence-corrected chi connectivity index (χ1v) is 4.47. The highest BCUT2D eigenvalue weighted by Crippen LogP contribution is 2.00. The molecule has 0 aromatic rings. The molecule has 2 nitrogen and oxygen atoms in total. The predicted molar refractivity (Wildman–Crippen MR) is 56.5 cm³/mol. The molecule has 0 bridgehead atoms. The third kappa shape index (κ3) is 9.08. The SMILES string of the molecule is CC.CCC/C(C=N)=C/C(C)=N. The van der Waals surface area contributed by atoms with E-state index in [1.807, 2.05) is 13.8 Å². The van der Waals surface area contributed by atoms with E-state index < -0.39 is 0 Å². The molecule has 0 amide bonds. The lowest BCUT2D eigenvalue weighted by Crippen LogP contribution is -1.88. The summed E-state index contributed by atoms with van der Waals surface area (Å²) in [4.78, 5) is 0. The second kappa shape index (κ2) is 10.1. The van der Waals surface area contributed by atoms with Crippen molar-refractivity contribution >= 4 is 11.9 Å². The minimum atomic E-state index is 0.520. The van der Waals surface area contributed by atoms with Crippen LogP contribution in [-0.2, 0) is 0 Å². The summed E-state index contributed by atoms with van der Waals surface area (Å²) in [5, 5.41) is 14.1. The van der Waals surface area contributed by atoms with Gasteiger partial charge < -0.3 is 10.8 Å². The number of rotatable bonds is 4. The Labute approximate surface area is 75.7 Å². The standard InChI is InChI=1S/C8H14N2.C2H6/c1-3-4-8(6-9)5-7(2)10;1-2/h5-6,9-10H,3-4H2,1-2H3;1-2H3/b8-5-,9-6?,10-7?;. The van der Waals surface area contributed by atoms with E-state index in [0.717, 1.165) is 18.4 Å². The van der Waals surface area contributed by atoms with Gasteiger partial charge in [-0.2, -0.15) is 0 Å². The van der Waals surface area contributed by atoms with Crippen LogP contribution < -0.4 is 0 Å². The van der Waals surface area contributed by atoms with Gasteiger partial charge in [-0.15, -0.1) is 0 Å². The quantitative estimate of drug-likeness (QED) is 0.604. The fourth-order valence-electron chi connectivity index (χ4n) is 0.753. The summed E-state index contributed by atoms with van der Waals surface area (Å²) < 4.78 is 0. The molecule has 0 saturated carbocycles. The van der Waals surface area contributed by atoms with Crippen molar-refractivity contribution in [2.45, 2.75) is 40.5 Å². The Hall–Kier alpha value is -0.920. The van der Waals surface area contributed by atoms with Crippen molar-refractivity contribution in [1.29, 1.82) is 10.8 Å². The van der Waals surface area contributed by atoms with Gasteiger partial charge in [-0.25, -0.2) is 0 Å². The molecule has 0 atom stereocenters. The molecule has 0 spiro atoms. The van der Waals surface area contributed by atoms with Crippen LogP contribution in [0.2, 0.25) is 0 Å². The van der Waals surface area contributed by atoms with Gasteiger partial charge >= 0.3 is 0 Å². The minimum absolute atomic E-state index is 0.520. The first-order chi connectivity index (χ1) is 5.70. The maximum atomic E-state index is 7.13. The topological polar surface area (TPSA) is 47.7 Å². The van der Waals surface area contributed by atoms with Gasteiger partial charge in [-0.3, -0.25) is 0 Å². The van der Waals surface area contributed by atoms with Crippen LogP contribution in [0.15, 0.2) is 11.6 Å². The van der Waals surface area contributed by atoms with Crippen molar-refractivity contribution in [1.82, 2.24) is 0 Å². The number of hydrogen-bond donors (Lipinski definition) is 2. The van der Waals surface area contributed by atoms with Crippen molar-refractivity contribution in [3.05, 3.63) is 11.6 Å². The summed E-state index contributed by atoms with van der Waals surface area (Å²) in [7, 11) is 0. The Kier molecular flexibility index (Phi) is 11.5. The zero-order chi connectivity index (χ0) is 9.98. The zero-order valence-electron chi connectivity index (χ0n) is 8.57. The average Bonchev–Trinajstić information content (AvgIpc) is 2.07. The van der Waals surface area contributed by atoms with Gasteiger partial charge in [-0.1, -0.05) is 27.2 Å². The fraction of sp³-hybridized carbons (Fsp3) is 0.600. The van der Waals surface area contributed by atoms with E-state index >= 15 is 0 Å². The van der Waals surface area contributed by atoms with Crippen LogP contribution in [0.4, 0.5) is 0 Å².